The van der Waals surface area contributed by atoms with Gasteiger partial charge in [-0.05, 0) is 50.4 Å². The number of halogens is 3. The van der Waals surface area contributed by atoms with Crippen molar-refractivity contribution >= 4 is 5.97 Å². The molecule has 3 nitrogen and oxygen atoms in total. The molecule has 0 atom stereocenters. The molecule has 204 valence electrons. The third kappa shape index (κ3) is 18.5. The Kier molecular flexibility index (Phi) is 21.0. The lowest BCUT2D eigenvalue weighted by atomic mass is 9.71. The molecule has 34 heavy (non-hydrogen) atoms. The zero-order valence-corrected chi connectivity index (χ0v) is 22.4. The molecule has 0 aliphatic carbocycles. The molecule has 1 aliphatic rings. The summed E-state index contributed by atoms with van der Waals surface area (Å²) in [5, 5.41) is 0. The standard InChI is InChI=1S/C24H45F3O2.C4H8O/c1-4-7-17-23(18-8-5-2,19-9-6-3)20-15-13-11-10-12-14-16-21-29-22(28)24(25,26)27;1-2-4-5-3-1/h4-21H2,1-3H3;1-4H2. The molecule has 0 radical (unpaired) electrons. The number of hydrogen-bond donors (Lipinski definition) is 0. The molecule has 0 bridgehead atoms. The first-order chi connectivity index (χ1) is 16.3. The van der Waals surface area contributed by atoms with Gasteiger partial charge in [0.2, 0.25) is 0 Å². The van der Waals surface area contributed by atoms with Crippen molar-refractivity contribution in [3.63, 3.8) is 0 Å². The normalized spacial score (nSPS) is 14.1. The SMILES string of the molecule is C1CCOC1.CCCCC(CCCC)(CCCC)CCCCCCCCCOC(=O)C(F)(F)F. The average molecular weight is 495 g/mol. The van der Waals surface area contributed by atoms with Crippen molar-refractivity contribution in [3.05, 3.63) is 0 Å². The zero-order chi connectivity index (χ0) is 25.5. The average Bonchev–Trinajstić information content (AvgIpc) is 3.40. The second-order valence-corrected chi connectivity index (χ2v) is 9.99. The Balaban J connectivity index is 0.00000190. The van der Waals surface area contributed by atoms with Crippen molar-refractivity contribution in [1.82, 2.24) is 0 Å². The minimum absolute atomic E-state index is 0.132. The van der Waals surface area contributed by atoms with Crippen LogP contribution in [0.15, 0.2) is 0 Å². The van der Waals surface area contributed by atoms with Crippen LogP contribution in [-0.4, -0.2) is 32.0 Å². The van der Waals surface area contributed by atoms with Crippen molar-refractivity contribution in [2.45, 2.75) is 149 Å². The predicted octanol–water partition coefficient (Wildman–Crippen LogP) is 9.57. The van der Waals surface area contributed by atoms with Gasteiger partial charge in [-0.15, -0.1) is 0 Å². The zero-order valence-electron chi connectivity index (χ0n) is 22.4. The van der Waals surface area contributed by atoms with Gasteiger partial charge < -0.3 is 9.47 Å². The van der Waals surface area contributed by atoms with Gasteiger partial charge in [0.15, 0.2) is 0 Å². The number of carbonyl (C=O) groups excluding carboxylic acids is 1. The van der Waals surface area contributed by atoms with Gasteiger partial charge in [-0.25, -0.2) is 4.79 Å². The van der Waals surface area contributed by atoms with E-state index in [4.69, 9.17) is 4.74 Å². The van der Waals surface area contributed by atoms with Gasteiger partial charge in [0.25, 0.3) is 0 Å². The van der Waals surface area contributed by atoms with Crippen LogP contribution in [0.1, 0.15) is 143 Å². The maximum atomic E-state index is 12.0. The minimum atomic E-state index is -4.87. The Morgan fingerprint density at radius 3 is 1.47 bits per heavy atom. The summed E-state index contributed by atoms with van der Waals surface area (Å²) in [5.41, 5.74) is 0.546. The molecule has 0 amide bonds. The third-order valence-corrected chi connectivity index (χ3v) is 6.83. The molecular formula is C28H53F3O3. The van der Waals surface area contributed by atoms with Gasteiger partial charge in [-0.2, -0.15) is 13.2 Å². The molecule has 0 saturated carbocycles. The van der Waals surface area contributed by atoms with Gasteiger partial charge in [-0.1, -0.05) is 97.8 Å². The Labute approximate surface area is 207 Å². The van der Waals surface area contributed by atoms with Gasteiger partial charge in [-0.3, -0.25) is 0 Å². The van der Waals surface area contributed by atoms with Crippen molar-refractivity contribution in [1.29, 1.82) is 0 Å². The van der Waals surface area contributed by atoms with Gasteiger partial charge >= 0.3 is 12.1 Å². The quantitative estimate of drug-likeness (QED) is 0.132. The Morgan fingerprint density at radius 1 is 0.676 bits per heavy atom. The molecule has 0 spiro atoms. The lowest BCUT2D eigenvalue weighted by Gasteiger charge is -2.35. The van der Waals surface area contributed by atoms with E-state index in [1.54, 1.807) is 0 Å². The highest BCUT2D eigenvalue weighted by molar-refractivity contribution is 5.75. The summed E-state index contributed by atoms with van der Waals surface area (Å²) in [4.78, 5) is 10.6. The number of alkyl halides is 3. The number of unbranched alkanes of at least 4 members (excludes halogenated alkanes) is 9. The van der Waals surface area contributed by atoms with Gasteiger partial charge in [0.05, 0.1) is 6.61 Å². The topological polar surface area (TPSA) is 35.5 Å². The number of ether oxygens (including phenoxy) is 2. The molecule has 0 aromatic heterocycles. The first-order valence-electron chi connectivity index (χ1n) is 14.1. The minimum Gasteiger partial charge on any atom is -0.459 e. The van der Waals surface area contributed by atoms with E-state index in [0.717, 1.165) is 32.5 Å². The molecule has 1 heterocycles. The van der Waals surface area contributed by atoms with E-state index in [9.17, 15) is 18.0 Å². The van der Waals surface area contributed by atoms with Crippen LogP contribution in [0.5, 0.6) is 0 Å². The Bertz CT molecular complexity index is 433. The first-order valence-corrected chi connectivity index (χ1v) is 14.1. The summed E-state index contributed by atoms with van der Waals surface area (Å²) in [6.45, 7) is 8.73. The van der Waals surface area contributed by atoms with E-state index >= 15 is 0 Å². The maximum Gasteiger partial charge on any atom is 0.490 e. The fraction of sp³-hybridized carbons (Fsp3) is 0.964. The van der Waals surface area contributed by atoms with E-state index in [-0.39, 0.29) is 6.61 Å². The highest BCUT2D eigenvalue weighted by Crippen LogP contribution is 2.41. The molecule has 0 aromatic carbocycles. The van der Waals surface area contributed by atoms with Crippen LogP contribution in [-0.2, 0) is 14.3 Å². The predicted molar refractivity (Wildman–Crippen MR) is 135 cm³/mol. The molecule has 6 heteroatoms. The summed E-state index contributed by atoms with van der Waals surface area (Å²) in [7, 11) is 0. The summed E-state index contributed by atoms with van der Waals surface area (Å²) < 4.78 is 45.2. The van der Waals surface area contributed by atoms with Crippen molar-refractivity contribution in [2.24, 2.45) is 5.41 Å². The molecule has 0 unspecified atom stereocenters. The summed E-state index contributed by atoms with van der Waals surface area (Å²) in [6, 6.07) is 0. The molecule has 0 aromatic rings. The molecule has 1 saturated heterocycles. The van der Waals surface area contributed by atoms with Crippen molar-refractivity contribution < 1.29 is 27.4 Å². The largest absolute Gasteiger partial charge is 0.490 e. The lowest BCUT2D eigenvalue weighted by molar-refractivity contribution is -0.199. The van der Waals surface area contributed by atoms with E-state index in [2.05, 4.69) is 25.5 Å². The first kappa shape index (κ1) is 33.2. The van der Waals surface area contributed by atoms with Crippen LogP contribution in [0.4, 0.5) is 13.2 Å². The highest BCUT2D eigenvalue weighted by atomic mass is 19.4. The van der Waals surface area contributed by atoms with Crippen LogP contribution >= 0.6 is 0 Å². The van der Waals surface area contributed by atoms with Crippen molar-refractivity contribution in [2.75, 3.05) is 19.8 Å². The Morgan fingerprint density at radius 2 is 1.09 bits per heavy atom. The molecule has 1 fully saturated rings. The van der Waals surface area contributed by atoms with E-state index in [1.807, 2.05) is 0 Å². The summed E-state index contributed by atoms with van der Waals surface area (Å²) in [5.74, 6) is -2.07. The molecule has 1 aliphatic heterocycles. The van der Waals surface area contributed by atoms with Gasteiger partial charge in [0, 0.05) is 13.2 Å². The number of esters is 1. The van der Waals surface area contributed by atoms with E-state index in [1.165, 1.54) is 96.3 Å². The Hall–Kier alpha value is -0.780. The smallest absolute Gasteiger partial charge is 0.459 e. The second-order valence-electron chi connectivity index (χ2n) is 9.99. The van der Waals surface area contributed by atoms with Crippen molar-refractivity contribution in [3.8, 4) is 0 Å². The van der Waals surface area contributed by atoms with Crippen LogP contribution in [0.2, 0.25) is 0 Å². The van der Waals surface area contributed by atoms with E-state index in [0.29, 0.717) is 11.8 Å². The molecular weight excluding hydrogens is 441 g/mol. The monoisotopic (exact) mass is 494 g/mol. The molecule has 1 rings (SSSR count). The third-order valence-electron chi connectivity index (χ3n) is 6.83. The summed E-state index contributed by atoms with van der Waals surface area (Å²) in [6.07, 6.45) is 18.2. The maximum absolute atomic E-state index is 12.0. The second kappa shape index (κ2) is 21.5. The fourth-order valence-corrected chi connectivity index (χ4v) is 4.65. The van der Waals surface area contributed by atoms with Crippen LogP contribution in [0.3, 0.4) is 0 Å². The molecule has 0 N–H and O–H groups in total. The van der Waals surface area contributed by atoms with Crippen LogP contribution < -0.4 is 0 Å². The summed E-state index contributed by atoms with van der Waals surface area (Å²) >= 11 is 0. The number of rotatable bonds is 19. The highest BCUT2D eigenvalue weighted by Gasteiger charge is 2.40. The number of hydrogen-bond acceptors (Lipinski definition) is 3. The van der Waals surface area contributed by atoms with E-state index < -0.39 is 12.1 Å². The lowest BCUT2D eigenvalue weighted by Crippen LogP contribution is -2.25. The van der Waals surface area contributed by atoms with Crippen LogP contribution in [0, 0.1) is 5.41 Å². The van der Waals surface area contributed by atoms with Crippen LogP contribution in [0.25, 0.3) is 0 Å². The number of carbonyl (C=O) groups is 1. The fourth-order valence-electron chi connectivity index (χ4n) is 4.65. The van der Waals surface area contributed by atoms with Gasteiger partial charge in [0.1, 0.15) is 0 Å².